The molecule has 5 nitrogen and oxygen atoms in total. The average Bonchev–Trinajstić information content (AvgIpc) is 2.60. The number of halogens is 1. The van der Waals surface area contributed by atoms with Crippen molar-refractivity contribution in [2.24, 2.45) is 0 Å². The fourth-order valence-electron chi connectivity index (χ4n) is 2.52. The summed E-state index contributed by atoms with van der Waals surface area (Å²) < 4.78 is 13.7. The van der Waals surface area contributed by atoms with E-state index in [1.165, 1.54) is 17.9 Å². The van der Waals surface area contributed by atoms with Crippen molar-refractivity contribution >= 4 is 23.2 Å². The Hall–Kier alpha value is -2.89. The lowest BCUT2D eigenvalue weighted by atomic mass is 10.1. The van der Waals surface area contributed by atoms with E-state index in [-0.39, 0.29) is 30.7 Å². The molecule has 2 rings (SSSR count). The van der Waals surface area contributed by atoms with Crippen molar-refractivity contribution < 1.29 is 14.0 Å². The number of carbonyl (C=O) groups is 2. The quantitative estimate of drug-likeness (QED) is 0.829. The van der Waals surface area contributed by atoms with E-state index in [1.54, 1.807) is 18.2 Å². The molecule has 0 saturated carbocycles. The minimum Gasteiger partial charge on any atom is -0.378 e. The Kier molecular flexibility index (Phi) is 6.72. The molecule has 0 spiro atoms. The van der Waals surface area contributed by atoms with Gasteiger partial charge in [-0.25, -0.2) is 4.39 Å². The molecule has 0 aliphatic carbocycles. The van der Waals surface area contributed by atoms with Gasteiger partial charge in [-0.3, -0.25) is 9.59 Å². The summed E-state index contributed by atoms with van der Waals surface area (Å²) in [6.07, 6.45) is 0.358. The zero-order valence-corrected chi connectivity index (χ0v) is 15.3. The van der Waals surface area contributed by atoms with Crippen molar-refractivity contribution in [3.8, 4) is 0 Å². The van der Waals surface area contributed by atoms with Gasteiger partial charge < -0.3 is 15.1 Å². The van der Waals surface area contributed by atoms with Gasteiger partial charge in [-0.15, -0.1) is 0 Å². The highest BCUT2D eigenvalue weighted by Gasteiger charge is 2.14. The molecular formula is C20H24FN3O2. The number of carbonyl (C=O) groups excluding carboxylic acids is 2. The van der Waals surface area contributed by atoms with Crippen molar-refractivity contribution in [2.45, 2.75) is 13.3 Å². The van der Waals surface area contributed by atoms with Crippen LogP contribution in [0.1, 0.15) is 12.5 Å². The van der Waals surface area contributed by atoms with Crippen LogP contribution in [0.15, 0.2) is 48.5 Å². The predicted molar refractivity (Wildman–Crippen MR) is 102 cm³/mol. The Morgan fingerprint density at radius 3 is 2.27 bits per heavy atom. The van der Waals surface area contributed by atoms with Crippen LogP contribution in [0.2, 0.25) is 0 Å². The van der Waals surface area contributed by atoms with E-state index in [0.29, 0.717) is 17.7 Å². The molecule has 2 amide bonds. The fraction of sp³-hybridized carbons (Fsp3) is 0.300. The molecule has 0 saturated heterocycles. The second kappa shape index (κ2) is 8.99. The zero-order chi connectivity index (χ0) is 19.1. The minimum atomic E-state index is -0.304. The van der Waals surface area contributed by atoms with Crippen LogP contribution in [0.25, 0.3) is 0 Å². The highest BCUT2D eigenvalue weighted by atomic mass is 19.1. The fourth-order valence-corrected chi connectivity index (χ4v) is 2.52. The van der Waals surface area contributed by atoms with Gasteiger partial charge >= 0.3 is 0 Å². The Morgan fingerprint density at radius 1 is 1.04 bits per heavy atom. The van der Waals surface area contributed by atoms with E-state index in [4.69, 9.17) is 0 Å². The van der Waals surface area contributed by atoms with Gasteiger partial charge in [0.2, 0.25) is 11.8 Å². The maximum absolute atomic E-state index is 13.7. The molecule has 0 bridgehead atoms. The van der Waals surface area contributed by atoms with E-state index in [0.717, 1.165) is 5.69 Å². The van der Waals surface area contributed by atoms with Crippen molar-refractivity contribution in [3.63, 3.8) is 0 Å². The van der Waals surface area contributed by atoms with Crippen LogP contribution in [0.3, 0.4) is 0 Å². The third-order valence-corrected chi connectivity index (χ3v) is 4.06. The first-order valence-electron chi connectivity index (χ1n) is 8.43. The molecule has 1 N–H and O–H groups in total. The molecule has 0 fully saturated rings. The molecular weight excluding hydrogens is 333 g/mol. The minimum absolute atomic E-state index is 0.0702. The van der Waals surface area contributed by atoms with Crippen LogP contribution >= 0.6 is 0 Å². The highest BCUT2D eigenvalue weighted by Crippen LogP contribution is 2.15. The Balaban J connectivity index is 1.93. The molecule has 0 heterocycles. The summed E-state index contributed by atoms with van der Waals surface area (Å²) in [7, 11) is 3.88. The zero-order valence-electron chi connectivity index (χ0n) is 15.3. The van der Waals surface area contributed by atoms with Crippen molar-refractivity contribution in [3.05, 3.63) is 59.9 Å². The molecule has 2 aromatic carbocycles. The number of amides is 2. The Morgan fingerprint density at radius 2 is 1.69 bits per heavy atom. The molecule has 0 aliphatic heterocycles. The summed E-state index contributed by atoms with van der Waals surface area (Å²) in [6.45, 7) is 1.61. The van der Waals surface area contributed by atoms with E-state index in [1.807, 2.05) is 43.3 Å². The largest absolute Gasteiger partial charge is 0.378 e. The van der Waals surface area contributed by atoms with Gasteiger partial charge in [0.15, 0.2) is 0 Å². The van der Waals surface area contributed by atoms with Crippen LogP contribution in [0.4, 0.5) is 15.8 Å². The van der Waals surface area contributed by atoms with Gasteiger partial charge in [-0.1, -0.05) is 18.2 Å². The predicted octanol–water partition coefficient (Wildman–Crippen LogP) is 2.92. The molecule has 0 radical (unpaired) electrons. The van der Waals surface area contributed by atoms with Crippen LogP contribution in [0.5, 0.6) is 0 Å². The first kappa shape index (κ1) is 19.4. The highest BCUT2D eigenvalue weighted by molar-refractivity contribution is 5.94. The normalized spacial score (nSPS) is 10.3. The number of nitrogens with one attached hydrogen (secondary N) is 1. The summed E-state index contributed by atoms with van der Waals surface area (Å²) >= 11 is 0. The number of hydrogen-bond acceptors (Lipinski definition) is 3. The van der Waals surface area contributed by atoms with Gasteiger partial charge in [0.25, 0.3) is 0 Å². The summed E-state index contributed by atoms with van der Waals surface area (Å²) in [5, 5.41) is 2.78. The van der Waals surface area contributed by atoms with E-state index in [2.05, 4.69) is 5.32 Å². The summed E-state index contributed by atoms with van der Waals surface area (Å²) in [5.41, 5.74) is 2.22. The second-order valence-corrected chi connectivity index (χ2v) is 6.27. The molecule has 26 heavy (non-hydrogen) atoms. The van der Waals surface area contributed by atoms with E-state index in [9.17, 15) is 14.0 Å². The van der Waals surface area contributed by atoms with Crippen LogP contribution in [-0.4, -0.2) is 43.9 Å². The van der Waals surface area contributed by atoms with E-state index >= 15 is 0 Å². The maximum Gasteiger partial charge on any atom is 0.243 e. The average molecular weight is 357 g/mol. The first-order valence-corrected chi connectivity index (χ1v) is 8.43. The van der Waals surface area contributed by atoms with Gasteiger partial charge in [0.1, 0.15) is 5.82 Å². The number of hydrogen-bond donors (Lipinski definition) is 1. The van der Waals surface area contributed by atoms with Crippen molar-refractivity contribution in [1.82, 2.24) is 4.90 Å². The molecule has 0 aliphatic rings. The van der Waals surface area contributed by atoms with Crippen molar-refractivity contribution in [1.29, 1.82) is 0 Å². The molecule has 0 unspecified atom stereocenters. The Bertz CT molecular complexity index is 760. The van der Waals surface area contributed by atoms with Crippen LogP contribution < -0.4 is 10.2 Å². The number of rotatable bonds is 7. The molecule has 138 valence electrons. The SMILES string of the molecule is CC(=O)N(CCc1ccccc1F)CC(=O)Nc1ccc(N(C)C)cc1. The lowest BCUT2D eigenvalue weighted by Crippen LogP contribution is -2.38. The molecule has 2 aromatic rings. The molecule has 0 atom stereocenters. The number of nitrogens with zero attached hydrogens (tertiary/aromatic N) is 2. The van der Waals surface area contributed by atoms with E-state index < -0.39 is 0 Å². The van der Waals surface area contributed by atoms with Gasteiger partial charge in [-0.2, -0.15) is 0 Å². The standard InChI is InChI=1S/C20H24FN3O2/c1-15(25)24(13-12-16-6-4-5-7-19(16)21)14-20(26)22-17-8-10-18(11-9-17)23(2)3/h4-11H,12-14H2,1-3H3,(H,22,26). The molecule has 6 heteroatoms. The van der Waals surface area contributed by atoms with Gasteiger partial charge in [0.05, 0.1) is 6.54 Å². The second-order valence-electron chi connectivity index (χ2n) is 6.27. The Labute approximate surface area is 153 Å². The third kappa shape index (κ3) is 5.58. The van der Waals surface area contributed by atoms with Gasteiger partial charge in [0, 0.05) is 38.9 Å². The monoisotopic (exact) mass is 357 g/mol. The smallest absolute Gasteiger partial charge is 0.243 e. The summed E-state index contributed by atoms with van der Waals surface area (Å²) in [6, 6.07) is 13.9. The van der Waals surface area contributed by atoms with Crippen LogP contribution in [0, 0.1) is 5.82 Å². The summed E-state index contributed by atoms with van der Waals surface area (Å²) in [5.74, 6) is -0.813. The topological polar surface area (TPSA) is 52.7 Å². The summed E-state index contributed by atoms with van der Waals surface area (Å²) in [4.78, 5) is 27.4. The van der Waals surface area contributed by atoms with Crippen LogP contribution in [-0.2, 0) is 16.0 Å². The third-order valence-electron chi connectivity index (χ3n) is 4.06. The maximum atomic E-state index is 13.7. The number of benzene rings is 2. The lowest BCUT2D eigenvalue weighted by molar-refractivity contribution is -0.132. The lowest BCUT2D eigenvalue weighted by Gasteiger charge is -2.21. The first-order chi connectivity index (χ1) is 12.4. The number of anilines is 2. The molecule has 0 aromatic heterocycles. The van der Waals surface area contributed by atoms with Gasteiger partial charge in [-0.05, 0) is 42.3 Å². The van der Waals surface area contributed by atoms with Crippen molar-refractivity contribution in [2.75, 3.05) is 37.4 Å².